The fourth-order valence-electron chi connectivity index (χ4n) is 1.29. The lowest BCUT2D eigenvalue weighted by Crippen LogP contribution is -2.22. The smallest absolute Gasteiger partial charge is 0.107 e. The van der Waals surface area contributed by atoms with Crippen LogP contribution in [0.15, 0.2) is 17.4 Å². The first-order valence-electron chi connectivity index (χ1n) is 4.65. The largest absolute Gasteiger partial charge is 0.397 e. The average Bonchev–Trinajstić information content (AvgIpc) is 2.28. The number of aliphatic hydroxyl groups is 2. The van der Waals surface area contributed by atoms with Gasteiger partial charge in [0.05, 0.1) is 24.5 Å². The number of aromatic nitrogens is 1. The molecule has 0 aliphatic rings. The van der Waals surface area contributed by atoms with Gasteiger partial charge in [-0.2, -0.15) is 0 Å². The molecule has 7 nitrogen and oxygen atoms in total. The summed E-state index contributed by atoms with van der Waals surface area (Å²) in [6, 6.07) is 1.53. The SMILES string of the molecule is Cc1ncc(N)cc1C(O)C(O)CN=[N+]=[N-]. The summed E-state index contributed by atoms with van der Waals surface area (Å²) in [7, 11) is 0. The van der Waals surface area contributed by atoms with Gasteiger partial charge in [0.25, 0.3) is 0 Å². The minimum absolute atomic E-state index is 0.202. The quantitative estimate of drug-likeness (QED) is 0.393. The van der Waals surface area contributed by atoms with Gasteiger partial charge >= 0.3 is 0 Å². The molecule has 0 saturated heterocycles. The molecule has 86 valence electrons. The molecule has 7 heteroatoms. The number of azide groups is 1. The van der Waals surface area contributed by atoms with Crippen molar-refractivity contribution in [3.8, 4) is 0 Å². The summed E-state index contributed by atoms with van der Waals surface area (Å²) in [5.74, 6) is 0. The fraction of sp³-hybridized carbons (Fsp3) is 0.444. The van der Waals surface area contributed by atoms with Crippen molar-refractivity contribution in [1.82, 2.24) is 4.98 Å². The molecule has 16 heavy (non-hydrogen) atoms. The van der Waals surface area contributed by atoms with E-state index in [4.69, 9.17) is 11.3 Å². The Kier molecular flexibility index (Phi) is 4.07. The van der Waals surface area contributed by atoms with Gasteiger partial charge in [0.1, 0.15) is 6.10 Å². The van der Waals surface area contributed by atoms with E-state index >= 15 is 0 Å². The van der Waals surface area contributed by atoms with Crippen LogP contribution in [-0.4, -0.2) is 27.8 Å². The van der Waals surface area contributed by atoms with E-state index in [-0.39, 0.29) is 6.54 Å². The molecule has 0 fully saturated rings. The topological polar surface area (TPSA) is 128 Å². The van der Waals surface area contributed by atoms with Crippen LogP contribution >= 0.6 is 0 Å². The zero-order valence-electron chi connectivity index (χ0n) is 8.78. The third-order valence-electron chi connectivity index (χ3n) is 2.16. The molecule has 1 rings (SSSR count). The Morgan fingerprint density at radius 2 is 2.31 bits per heavy atom. The van der Waals surface area contributed by atoms with Crippen molar-refractivity contribution in [2.24, 2.45) is 5.11 Å². The van der Waals surface area contributed by atoms with Gasteiger partial charge < -0.3 is 15.9 Å². The highest BCUT2D eigenvalue weighted by Gasteiger charge is 2.20. The molecule has 0 aliphatic heterocycles. The second kappa shape index (κ2) is 5.32. The lowest BCUT2D eigenvalue weighted by molar-refractivity contribution is 0.0238. The van der Waals surface area contributed by atoms with Gasteiger partial charge in [-0.25, -0.2) is 0 Å². The van der Waals surface area contributed by atoms with Gasteiger partial charge in [0.2, 0.25) is 0 Å². The number of rotatable bonds is 4. The van der Waals surface area contributed by atoms with Crippen molar-refractivity contribution < 1.29 is 10.2 Å². The minimum atomic E-state index is -1.17. The van der Waals surface area contributed by atoms with Crippen molar-refractivity contribution in [3.05, 3.63) is 34.0 Å². The molecule has 4 N–H and O–H groups in total. The van der Waals surface area contributed by atoms with Crippen LogP contribution in [0.5, 0.6) is 0 Å². The predicted octanol–water partition coefficient (Wildman–Crippen LogP) is 0.677. The maximum Gasteiger partial charge on any atom is 0.107 e. The van der Waals surface area contributed by atoms with Gasteiger partial charge in [-0.3, -0.25) is 4.98 Å². The van der Waals surface area contributed by atoms with Crippen molar-refractivity contribution >= 4 is 5.69 Å². The molecular formula is C9H13N5O2. The van der Waals surface area contributed by atoms with E-state index in [0.29, 0.717) is 16.9 Å². The summed E-state index contributed by atoms with van der Waals surface area (Å²) < 4.78 is 0. The van der Waals surface area contributed by atoms with Crippen molar-refractivity contribution in [1.29, 1.82) is 0 Å². The molecule has 0 saturated carbocycles. The van der Waals surface area contributed by atoms with Crippen LogP contribution in [0.1, 0.15) is 17.4 Å². The highest BCUT2D eigenvalue weighted by atomic mass is 16.3. The number of nitrogens with zero attached hydrogens (tertiary/aromatic N) is 4. The Labute approximate surface area is 92.2 Å². The molecule has 0 aromatic carbocycles. The molecule has 0 amide bonds. The summed E-state index contributed by atoms with van der Waals surface area (Å²) in [6.07, 6.45) is -0.870. The summed E-state index contributed by atoms with van der Waals surface area (Å²) in [5, 5.41) is 22.5. The molecule has 1 aromatic rings. The average molecular weight is 223 g/mol. The number of pyridine rings is 1. The summed E-state index contributed by atoms with van der Waals surface area (Å²) in [5.41, 5.74) is 15.0. The van der Waals surface area contributed by atoms with E-state index in [1.165, 1.54) is 12.3 Å². The number of nitrogens with two attached hydrogens (primary N) is 1. The standard InChI is InChI=1S/C9H13N5O2/c1-5-7(2-6(10)3-12-5)9(16)8(15)4-13-14-11/h2-3,8-9,15-16H,4,10H2,1H3. The molecule has 2 atom stereocenters. The maximum atomic E-state index is 9.79. The first kappa shape index (κ1) is 12.3. The fourth-order valence-corrected chi connectivity index (χ4v) is 1.29. The molecule has 0 radical (unpaired) electrons. The molecule has 0 aliphatic carbocycles. The normalized spacial score (nSPS) is 13.9. The predicted molar refractivity (Wildman–Crippen MR) is 58.4 cm³/mol. The van der Waals surface area contributed by atoms with Crippen LogP contribution in [-0.2, 0) is 0 Å². The highest BCUT2D eigenvalue weighted by Crippen LogP contribution is 2.21. The zero-order valence-corrected chi connectivity index (χ0v) is 8.78. The van der Waals surface area contributed by atoms with Crippen LogP contribution in [0.25, 0.3) is 10.4 Å². The Bertz CT molecular complexity index is 416. The Morgan fingerprint density at radius 1 is 1.62 bits per heavy atom. The van der Waals surface area contributed by atoms with Gasteiger partial charge in [-0.05, 0) is 18.5 Å². The van der Waals surface area contributed by atoms with E-state index in [1.807, 2.05) is 0 Å². The molecule has 2 unspecified atom stereocenters. The highest BCUT2D eigenvalue weighted by molar-refractivity contribution is 5.41. The molecule has 0 bridgehead atoms. The summed E-state index contributed by atoms with van der Waals surface area (Å²) >= 11 is 0. The number of hydrogen-bond acceptors (Lipinski definition) is 5. The lowest BCUT2D eigenvalue weighted by Gasteiger charge is -2.18. The Hall–Kier alpha value is -1.82. The third kappa shape index (κ3) is 2.83. The van der Waals surface area contributed by atoms with Crippen LogP contribution < -0.4 is 5.73 Å². The third-order valence-corrected chi connectivity index (χ3v) is 2.16. The van der Waals surface area contributed by atoms with E-state index in [1.54, 1.807) is 6.92 Å². The number of nitrogen functional groups attached to an aromatic ring is 1. The van der Waals surface area contributed by atoms with E-state index in [0.717, 1.165) is 0 Å². The second-order valence-electron chi connectivity index (χ2n) is 3.37. The van der Waals surface area contributed by atoms with Gasteiger partial charge in [0.15, 0.2) is 0 Å². The number of anilines is 1. The molecule has 1 heterocycles. The van der Waals surface area contributed by atoms with Crippen LogP contribution in [0.3, 0.4) is 0 Å². The maximum absolute atomic E-state index is 9.79. The first-order chi connectivity index (χ1) is 7.56. The van der Waals surface area contributed by atoms with Crippen LogP contribution in [0.4, 0.5) is 5.69 Å². The van der Waals surface area contributed by atoms with E-state index < -0.39 is 12.2 Å². The van der Waals surface area contributed by atoms with Crippen molar-refractivity contribution in [2.45, 2.75) is 19.1 Å². The molecule has 0 spiro atoms. The number of hydrogen-bond donors (Lipinski definition) is 3. The van der Waals surface area contributed by atoms with Crippen molar-refractivity contribution in [2.75, 3.05) is 12.3 Å². The summed E-state index contributed by atoms with van der Waals surface area (Å²) in [6.45, 7) is 1.49. The van der Waals surface area contributed by atoms with E-state index in [9.17, 15) is 10.2 Å². The molecule has 1 aromatic heterocycles. The minimum Gasteiger partial charge on any atom is -0.397 e. The number of aliphatic hydroxyl groups excluding tert-OH is 2. The van der Waals surface area contributed by atoms with Crippen LogP contribution in [0, 0.1) is 6.92 Å². The lowest BCUT2D eigenvalue weighted by atomic mass is 10.0. The Morgan fingerprint density at radius 3 is 2.94 bits per heavy atom. The zero-order chi connectivity index (χ0) is 12.1. The Balaban J connectivity index is 2.90. The first-order valence-corrected chi connectivity index (χ1v) is 4.65. The van der Waals surface area contributed by atoms with Gasteiger partial charge in [-0.15, -0.1) is 0 Å². The van der Waals surface area contributed by atoms with Crippen LogP contribution in [0.2, 0.25) is 0 Å². The summed E-state index contributed by atoms with van der Waals surface area (Å²) in [4.78, 5) is 6.47. The van der Waals surface area contributed by atoms with Gasteiger partial charge in [-0.1, -0.05) is 5.11 Å². The molecular weight excluding hydrogens is 210 g/mol. The van der Waals surface area contributed by atoms with Gasteiger partial charge in [0, 0.05) is 16.2 Å². The second-order valence-corrected chi connectivity index (χ2v) is 3.37. The van der Waals surface area contributed by atoms with Crippen molar-refractivity contribution in [3.63, 3.8) is 0 Å². The monoisotopic (exact) mass is 223 g/mol. The number of aryl methyl sites for hydroxylation is 1. The van der Waals surface area contributed by atoms with E-state index in [2.05, 4.69) is 15.0 Å².